The SMILES string of the molecule is CCc1ccc(CS(=O)(=O)CCCN)cc1. The smallest absolute Gasteiger partial charge is 0.154 e. The Balaban J connectivity index is 2.65. The molecular formula is C12H19NO2S. The fourth-order valence-corrected chi connectivity index (χ4v) is 2.95. The van der Waals surface area contributed by atoms with Crippen molar-refractivity contribution >= 4 is 9.84 Å². The average Bonchev–Trinajstić information content (AvgIpc) is 2.27. The Hall–Kier alpha value is -0.870. The summed E-state index contributed by atoms with van der Waals surface area (Å²) >= 11 is 0. The molecule has 0 radical (unpaired) electrons. The Bertz CT molecular complexity index is 409. The molecule has 1 aromatic rings. The predicted molar refractivity (Wildman–Crippen MR) is 67.0 cm³/mol. The molecule has 0 amide bonds. The summed E-state index contributed by atoms with van der Waals surface area (Å²) in [6.07, 6.45) is 1.51. The van der Waals surface area contributed by atoms with Gasteiger partial charge < -0.3 is 5.73 Å². The Morgan fingerprint density at radius 2 is 1.69 bits per heavy atom. The number of rotatable bonds is 6. The highest BCUT2D eigenvalue weighted by Crippen LogP contribution is 2.09. The van der Waals surface area contributed by atoms with Crippen molar-refractivity contribution in [1.82, 2.24) is 0 Å². The Labute approximate surface area is 97.6 Å². The molecule has 0 heterocycles. The first-order chi connectivity index (χ1) is 7.57. The molecule has 0 aliphatic rings. The molecular weight excluding hydrogens is 222 g/mol. The zero-order valence-corrected chi connectivity index (χ0v) is 10.5. The molecule has 1 aromatic carbocycles. The first kappa shape index (κ1) is 13.2. The van der Waals surface area contributed by atoms with Crippen LogP contribution in [0.1, 0.15) is 24.5 Å². The van der Waals surface area contributed by atoms with Crippen molar-refractivity contribution in [2.24, 2.45) is 5.73 Å². The fraction of sp³-hybridized carbons (Fsp3) is 0.500. The highest BCUT2D eigenvalue weighted by atomic mass is 32.2. The second-order valence-corrected chi connectivity index (χ2v) is 6.09. The van der Waals surface area contributed by atoms with Gasteiger partial charge in [0.25, 0.3) is 0 Å². The minimum atomic E-state index is -3.00. The van der Waals surface area contributed by atoms with Crippen molar-refractivity contribution in [2.45, 2.75) is 25.5 Å². The first-order valence-electron chi connectivity index (χ1n) is 5.55. The minimum Gasteiger partial charge on any atom is -0.330 e. The number of nitrogens with two attached hydrogens (primary N) is 1. The van der Waals surface area contributed by atoms with Crippen LogP contribution in [-0.2, 0) is 22.0 Å². The van der Waals surface area contributed by atoms with E-state index in [0.29, 0.717) is 13.0 Å². The van der Waals surface area contributed by atoms with E-state index < -0.39 is 9.84 Å². The minimum absolute atomic E-state index is 0.122. The molecule has 0 spiro atoms. The molecule has 0 aliphatic carbocycles. The Morgan fingerprint density at radius 3 is 2.19 bits per heavy atom. The van der Waals surface area contributed by atoms with Gasteiger partial charge in [0.1, 0.15) is 0 Å². The zero-order valence-electron chi connectivity index (χ0n) is 9.65. The van der Waals surface area contributed by atoms with E-state index in [-0.39, 0.29) is 11.5 Å². The summed E-state index contributed by atoms with van der Waals surface area (Å²) in [4.78, 5) is 0. The summed E-state index contributed by atoms with van der Waals surface area (Å²) in [6.45, 7) is 2.50. The van der Waals surface area contributed by atoms with Crippen LogP contribution in [0.4, 0.5) is 0 Å². The van der Waals surface area contributed by atoms with Crippen molar-refractivity contribution in [3.63, 3.8) is 0 Å². The van der Waals surface area contributed by atoms with Gasteiger partial charge in [0.05, 0.1) is 11.5 Å². The lowest BCUT2D eigenvalue weighted by Gasteiger charge is -2.04. The normalized spacial score (nSPS) is 11.6. The summed E-state index contributed by atoms with van der Waals surface area (Å²) in [7, 11) is -3.00. The third-order valence-electron chi connectivity index (χ3n) is 2.48. The molecule has 3 nitrogen and oxygen atoms in total. The van der Waals surface area contributed by atoms with Gasteiger partial charge in [-0.3, -0.25) is 0 Å². The van der Waals surface area contributed by atoms with Crippen LogP contribution in [-0.4, -0.2) is 20.7 Å². The van der Waals surface area contributed by atoms with Crippen molar-refractivity contribution < 1.29 is 8.42 Å². The molecule has 0 fully saturated rings. The van der Waals surface area contributed by atoms with Crippen LogP contribution in [0.5, 0.6) is 0 Å². The number of hydrogen-bond donors (Lipinski definition) is 1. The number of sulfone groups is 1. The molecule has 0 bridgehead atoms. The van der Waals surface area contributed by atoms with Crippen LogP contribution in [0.15, 0.2) is 24.3 Å². The van der Waals surface area contributed by atoms with Gasteiger partial charge in [0.2, 0.25) is 0 Å². The van der Waals surface area contributed by atoms with E-state index in [1.165, 1.54) is 5.56 Å². The van der Waals surface area contributed by atoms with Gasteiger partial charge in [-0.05, 0) is 30.5 Å². The summed E-state index contributed by atoms with van der Waals surface area (Å²) in [5.41, 5.74) is 7.38. The molecule has 16 heavy (non-hydrogen) atoms. The van der Waals surface area contributed by atoms with Crippen molar-refractivity contribution in [2.75, 3.05) is 12.3 Å². The summed E-state index contributed by atoms with van der Waals surface area (Å²) in [5.74, 6) is 0.302. The van der Waals surface area contributed by atoms with Gasteiger partial charge in [-0.2, -0.15) is 0 Å². The van der Waals surface area contributed by atoms with Gasteiger partial charge >= 0.3 is 0 Å². The summed E-state index contributed by atoms with van der Waals surface area (Å²) in [5, 5.41) is 0. The second-order valence-electron chi connectivity index (χ2n) is 3.90. The molecule has 0 saturated carbocycles. The van der Waals surface area contributed by atoms with Crippen LogP contribution in [0.2, 0.25) is 0 Å². The van der Waals surface area contributed by atoms with Crippen molar-refractivity contribution in [1.29, 1.82) is 0 Å². The number of hydrogen-bond acceptors (Lipinski definition) is 3. The highest BCUT2D eigenvalue weighted by molar-refractivity contribution is 7.90. The van der Waals surface area contributed by atoms with Crippen LogP contribution >= 0.6 is 0 Å². The van der Waals surface area contributed by atoms with Gasteiger partial charge in [-0.25, -0.2) is 8.42 Å². The van der Waals surface area contributed by atoms with Crippen molar-refractivity contribution in [3.05, 3.63) is 35.4 Å². The molecule has 90 valence electrons. The molecule has 1 rings (SSSR count). The predicted octanol–water partition coefficient (Wildman–Crippen LogP) is 1.51. The van der Waals surface area contributed by atoms with Gasteiger partial charge in [0, 0.05) is 0 Å². The molecule has 2 N–H and O–H groups in total. The first-order valence-corrected chi connectivity index (χ1v) is 7.38. The largest absolute Gasteiger partial charge is 0.330 e. The topological polar surface area (TPSA) is 60.2 Å². The third-order valence-corrected chi connectivity index (χ3v) is 4.16. The van der Waals surface area contributed by atoms with E-state index >= 15 is 0 Å². The van der Waals surface area contributed by atoms with Crippen LogP contribution < -0.4 is 5.73 Å². The maximum atomic E-state index is 11.7. The number of benzene rings is 1. The van der Waals surface area contributed by atoms with Gasteiger partial charge in [-0.15, -0.1) is 0 Å². The van der Waals surface area contributed by atoms with E-state index in [9.17, 15) is 8.42 Å². The van der Waals surface area contributed by atoms with E-state index in [2.05, 4.69) is 6.92 Å². The van der Waals surface area contributed by atoms with Crippen LogP contribution in [0.25, 0.3) is 0 Å². The van der Waals surface area contributed by atoms with Crippen LogP contribution in [0.3, 0.4) is 0 Å². The summed E-state index contributed by atoms with van der Waals surface area (Å²) < 4.78 is 23.3. The van der Waals surface area contributed by atoms with Gasteiger partial charge in [-0.1, -0.05) is 31.2 Å². The van der Waals surface area contributed by atoms with Gasteiger partial charge in [0.15, 0.2) is 9.84 Å². The van der Waals surface area contributed by atoms with Crippen LogP contribution in [0, 0.1) is 0 Å². The maximum Gasteiger partial charge on any atom is 0.154 e. The Kier molecular flexibility index (Phi) is 4.96. The molecule has 0 unspecified atom stereocenters. The molecule has 0 aliphatic heterocycles. The van der Waals surface area contributed by atoms with E-state index in [1.54, 1.807) is 0 Å². The molecule has 0 atom stereocenters. The lowest BCUT2D eigenvalue weighted by atomic mass is 10.1. The number of aryl methyl sites for hydroxylation is 1. The average molecular weight is 241 g/mol. The Morgan fingerprint density at radius 1 is 1.12 bits per heavy atom. The van der Waals surface area contributed by atoms with E-state index in [1.807, 2.05) is 24.3 Å². The third kappa shape index (κ3) is 4.33. The van der Waals surface area contributed by atoms with E-state index in [4.69, 9.17) is 5.73 Å². The molecule has 4 heteroatoms. The monoisotopic (exact) mass is 241 g/mol. The lowest BCUT2D eigenvalue weighted by molar-refractivity contribution is 0.593. The fourth-order valence-electron chi connectivity index (χ4n) is 1.50. The summed E-state index contributed by atoms with van der Waals surface area (Å²) in [6, 6.07) is 7.74. The standard InChI is InChI=1S/C12H19NO2S/c1-2-11-4-6-12(7-5-11)10-16(14,15)9-3-8-13/h4-7H,2-3,8-10,13H2,1H3. The molecule has 0 aromatic heterocycles. The lowest BCUT2D eigenvalue weighted by Crippen LogP contribution is -2.13. The quantitative estimate of drug-likeness (QED) is 0.821. The zero-order chi connectivity index (χ0) is 12.0. The molecule has 0 saturated heterocycles. The maximum absolute atomic E-state index is 11.7. The highest BCUT2D eigenvalue weighted by Gasteiger charge is 2.10. The second kappa shape index (κ2) is 6.01. The van der Waals surface area contributed by atoms with Crippen molar-refractivity contribution in [3.8, 4) is 0 Å². The van der Waals surface area contributed by atoms with E-state index in [0.717, 1.165) is 12.0 Å².